The first-order valence-electron chi connectivity index (χ1n) is 7.31. The van der Waals surface area contributed by atoms with Crippen LogP contribution in [0.3, 0.4) is 0 Å². The molecule has 0 radical (unpaired) electrons. The molecule has 8 heteroatoms. The number of benzene rings is 2. The van der Waals surface area contributed by atoms with E-state index in [1.165, 1.54) is 19.2 Å². The summed E-state index contributed by atoms with van der Waals surface area (Å²) < 4.78 is 26.7. The molecule has 0 fully saturated rings. The van der Waals surface area contributed by atoms with E-state index < -0.39 is 23.5 Å². The minimum atomic E-state index is -1.13. The van der Waals surface area contributed by atoms with Crippen LogP contribution in [-0.4, -0.2) is 32.7 Å². The van der Waals surface area contributed by atoms with Gasteiger partial charge in [0.05, 0.1) is 24.8 Å². The highest BCUT2D eigenvalue weighted by Gasteiger charge is 2.25. The maximum atomic E-state index is 13.8. The van der Waals surface area contributed by atoms with Gasteiger partial charge in [-0.3, -0.25) is 9.59 Å². The number of nitrogens with zero attached hydrogens (tertiary/aromatic N) is 2. The number of hydrogen-bond donors (Lipinski definition) is 1. The molecule has 1 heterocycles. The molecule has 1 atom stereocenters. The monoisotopic (exact) mass is 360 g/mol. The maximum Gasteiger partial charge on any atom is 0.311 e. The number of aliphatic carboxylic acids is 1. The zero-order valence-corrected chi connectivity index (χ0v) is 13.9. The molecule has 0 amide bonds. The van der Waals surface area contributed by atoms with Crippen LogP contribution in [0.2, 0.25) is 0 Å². The predicted molar refractivity (Wildman–Crippen MR) is 89.7 cm³/mol. The highest BCUT2D eigenvalue weighted by Crippen LogP contribution is 2.26. The van der Waals surface area contributed by atoms with Gasteiger partial charge in [0, 0.05) is 12.0 Å². The van der Waals surface area contributed by atoms with Crippen molar-refractivity contribution in [1.82, 2.24) is 8.75 Å². The van der Waals surface area contributed by atoms with Crippen molar-refractivity contribution in [2.24, 2.45) is 0 Å². The summed E-state index contributed by atoms with van der Waals surface area (Å²) in [4.78, 5) is 24.0. The minimum Gasteiger partial charge on any atom is -0.494 e. The fourth-order valence-electron chi connectivity index (χ4n) is 2.51. The third-order valence-electron chi connectivity index (χ3n) is 3.84. The normalized spacial score (nSPS) is 12.1. The maximum absolute atomic E-state index is 13.8. The number of carboxylic acid groups (broad SMARTS) is 1. The molecule has 0 saturated heterocycles. The van der Waals surface area contributed by atoms with Gasteiger partial charge in [-0.2, -0.15) is 8.75 Å². The zero-order chi connectivity index (χ0) is 18.0. The van der Waals surface area contributed by atoms with Crippen LogP contribution in [0.15, 0.2) is 36.4 Å². The topological polar surface area (TPSA) is 89.4 Å². The minimum absolute atomic E-state index is 0.0211. The Kier molecular flexibility index (Phi) is 4.71. The molecule has 25 heavy (non-hydrogen) atoms. The van der Waals surface area contributed by atoms with Crippen LogP contribution >= 0.6 is 11.7 Å². The van der Waals surface area contributed by atoms with Crippen molar-refractivity contribution in [3.8, 4) is 5.75 Å². The van der Waals surface area contributed by atoms with E-state index in [2.05, 4.69) is 8.75 Å². The van der Waals surface area contributed by atoms with E-state index in [-0.39, 0.29) is 17.7 Å². The molecule has 3 rings (SSSR count). The molecule has 6 nitrogen and oxygen atoms in total. The molecule has 3 aromatic rings. The highest BCUT2D eigenvalue weighted by molar-refractivity contribution is 7.00. The van der Waals surface area contributed by atoms with E-state index in [0.29, 0.717) is 16.6 Å². The lowest BCUT2D eigenvalue weighted by Gasteiger charge is -2.12. The van der Waals surface area contributed by atoms with Crippen molar-refractivity contribution < 1.29 is 23.8 Å². The first-order valence-corrected chi connectivity index (χ1v) is 8.04. The number of carboxylic acids is 1. The molecule has 0 saturated carbocycles. The zero-order valence-electron chi connectivity index (χ0n) is 13.1. The van der Waals surface area contributed by atoms with Gasteiger partial charge in [-0.15, -0.1) is 0 Å². The van der Waals surface area contributed by atoms with Crippen LogP contribution < -0.4 is 4.74 Å². The van der Waals surface area contributed by atoms with E-state index in [4.69, 9.17) is 4.74 Å². The molecule has 128 valence electrons. The number of rotatable bonds is 6. The van der Waals surface area contributed by atoms with Crippen molar-refractivity contribution >= 4 is 34.5 Å². The lowest BCUT2D eigenvalue weighted by Crippen LogP contribution is -2.16. The smallest absolute Gasteiger partial charge is 0.311 e. The fourth-order valence-corrected chi connectivity index (χ4v) is 3.02. The van der Waals surface area contributed by atoms with Crippen molar-refractivity contribution in [3.63, 3.8) is 0 Å². The second-order valence-electron chi connectivity index (χ2n) is 5.38. The van der Waals surface area contributed by atoms with Crippen molar-refractivity contribution in [1.29, 1.82) is 0 Å². The summed E-state index contributed by atoms with van der Waals surface area (Å²) in [7, 11) is 1.32. The van der Waals surface area contributed by atoms with Crippen molar-refractivity contribution in [3.05, 3.63) is 53.3 Å². The summed E-state index contributed by atoms with van der Waals surface area (Å²) in [6, 6.07) is 8.70. The quantitative estimate of drug-likeness (QED) is 0.679. The number of Topliss-reactive ketones (excluding diaryl/α,β-unsaturated/α-hetero) is 1. The van der Waals surface area contributed by atoms with Gasteiger partial charge in [-0.05, 0) is 35.9 Å². The van der Waals surface area contributed by atoms with E-state index in [1.807, 2.05) is 0 Å². The Morgan fingerprint density at radius 3 is 2.64 bits per heavy atom. The number of fused-ring (bicyclic) bond motifs is 1. The summed E-state index contributed by atoms with van der Waals surface area (Å²) in [5.74, 6) is -3.30. The van der Waals surface area contributed by atoms with Crippen LogP contribution in [0, 0.1) is 5.82 Å². The molecule has 0 bridgehead atoms. The Morgan fingerprint density at radius 2 is 1.96 bits per heavy atom. The van der Waals surface area contributed by atoms with Gasteiger partial charge in [0.1, 0.15) is 11.0 Å². The van der Waals surface area contributed by atoms with E-state index in [9.17, 15) is 19.1 Å². The molecule has 1 aromatic heterocycles. The van der Waals surface area contributed by atoms with Gasteiger partial charge in [0.25, 0.3) is 0 Å². The molecule has 1 N–H and O–H groups in total. The van der Waals surface area contributed by atoms with Crippen LogP contribution in [-0.2, 0) is 4.79 Å². The number of carbonyl (C=O) groups is 2. The summed E-state index contributed by atoms with van der Waals surface area (Å²) in [6.07, 6.45) is -0.288. The standard InChI is InChI=1S/C17H13FN2O4S/c1-24-16-5-3-10(6-12(16)18)15(21)8-11(17(22)23)9-2-4-13-14(7-9)20-25-19-13/h2-7,11H,8H2,1H3,(H,22,23). The van der Waals surface area contributed by atoms with Gasteiger partial charge >= 0.3 is 5.97 Å². The summed E-state index contributed by atoms with van der Waals surface area (Å²) in [5.41, 5.74) is 1.80. The highest BCUT2D eigenvalue weighted by atomic mass is 32.1. The number of aromatic nitrogens is 2. The Hall–Kier alpha value is -2.87. The molecular weight excluding hydrogens is 347 g/mol. The third-order valence-corrected chi connectivity index (χ3v) is 4.40. The molecule has 0 spiro atoms. The van der Waals surface area contributed by atoms with Crippen molar-refractivity contribution in [2.45, 2.75) is 12.3 Å². The third kappa shape index (κ3) is 3.48. The number of ether oxygens (including phenoxy) is 1. The second kappa shape index (κ2) is 6.94. The van der Waals surface area contributed by atoms with Crippen LogP contribution in [0.25, 0.3) is 11.0 Å². The van der Waals surface area contributed by atoms with Crippen LogP contribution in [0.4, 0.5) is 4.39 Å². The second-order valence-corrected chi connectivity index (χ2v) is 5.91. The van der Waals surface area contributed by atoms with Gasteiger partial charge in [0.15, 0.2) is 17.3 Å². The molecule has 2 aromatic carbocycles. The summed E-state index contributed by atoms with van der Waals surface area (Å²) in [5, 5.41) is 9.50. The van der Waals surface area contributed by atoms with Gasteiger partial charge in [-0.25, -0.2) is 4.39 Å². The van der Waals surface area contributed by atoms with E-state index in [1.54, 1.807) is 18.2 Å². The summed E-state index contributed by atoms with van der Waals surface area (Å²) >= 11 is 1.03. The average Bonchev–Trinajstić information content (AvgIpc) is 3.06. The first-order chi connectivity index (χ1) is 12.0. The number of carbonyl (C=O) groups excluding carboxylic acids is 1. The SMILES string of the molecule is COc1ccc(C(=O)CC(C(=O)O)c2ccc3nsnc3c2)cc1F. The Bertz CT molecular complexity index is 957. The summed E-state index contributed by atoms with van der Waals surface area (Å²) in [6.45, 7) is 0. The number of methoxy groups -OCH3 is 1. The number of halogens is 1. The van der Waals surface area contributed by atoms with Gasteiger partial charge < -0.3 is 9.84 Å². The van der Waals surface area contributed by atoms with E-state index >= 15 is 0 Å². The molecular formula is C17H13FN2O4S. The van der Waals surface area contributed by atoms with Gasteiger partial charge in [0.2, 0.25) is 0 Å². The number of ketones is 1. The predicted octanol–water partition coefficient (Wildman–Crippen LogP) is 3.28. The largest absolute Gasteiger partial charge is 0.494 e. The Morgan fingerprint density at radius 1 is 1.20 bits per heavy atom. The Labute approximate surface area is 146 Å². The van der Waals surface area contributed by atoms with Gasteiger partial charge in [-0.1, -0.05) is 6.07 Å². The van der Waals surface area contributed by atoms with Crippen LogP contribution in [0.1, 0.15) is 28.3 Å². The lowest BCUT2D eigenvalue weighted by molar-refractivity contribution is -0.138. The molecule has 1 unspecified atom stereocenters. The lowest BCUT2D eigenvalue weighted by atomic mass is 9.91. The van der Waals surface area contributed by atoms with Crippen LogP contribution in [0.5, 0.6) is 5.75 Å². The first kappa shape index (κ1) is 17.0. The average molecular weight is 360 g/mol. The molecule has 0 aliphatic carbocycles. The van der Waals surface area contributed by atoms with E-state index in [0.717, 1.165) is 17.8 Å². The Balaban J connectivity index is 1.87. The molecule has 0 aliphatic heterocycles. The van der Waals surface area contributed by atoms with Crippen molar-refractivity contribution in [2.75, 3.05) is 7.11 Å². The fraction of sp³-hybridized carbons (Fsp3) is 0.176. The molecule has 0 aliphatic rings. The number of hydrogen-bond acceptors (Lipinski definition) is 6.